The fourth-order valence-corrected chi connectivity index (χ4v) is 2.50. The Labute approximate surface area is 116 Å². The molecule has 0 amide bonds. The highest BCUT2D eigenvalue weighted by molar-refractivity contribution is 5.52. The highest BCUT2D eigenvalue weighted by atomic mass is 16.3. The SMILES string of the molecule is CC(C)c1ccc(N2CCC(O)C2)c(CN(C)C)n1. The van der Waals surface area contributed by atoms with Crippen molar-refractivity contribution in [3.8, 4) is 0 Å². The molecule has 0 aromatic carbocycles. The van der Waals surface area contributed by atoms with Gasteiger partial charge in [0.2, 0.25) is 0 Å². The number of aliphatic hydroxyl groups is 1. The molecule has 0 bridgehead atoms. The Morgan fingerprint density at radius 3 is 2.68 bits per heavy atom. The molecular formula is C15H25N3O. The van der Waals surface area contributed by atoms with E-state index in [0.29, 0.717) is 5.92 Å². The maximum atomic E-state index is 9.70. The fourth-order valence-electron chi connectivity index (χ4n) is 2.50. The van der Waals surface area contributed by atoms with Gasteiger partial charge in [0.05, 0.1) is 17.5 Å². The first-order chi connectivity index (χ1) is 8.97. The van der Waals surface area contributed by atoms with Gasteiger partial charge >= 0.3 is 0 Å². The molecule has 1 aliphatic rings. The van der Waals surface area contributed by atoms with E-state index in [0.717, 1.165) is 37.4 Å². The van der Waals surface area contributed by atoms with Crippen LogP contribution in [0.2, 0.25) is 0 Å². The Kier molecular flexibility index (Phi) is 4.42. The van der Waals surface area contributed by atoms with Crippen LogP contribution >= 0.6 is 0 Å². The average Bonchev–Trinajstić information content (AvgIpc) is 2.74. The number of aromatic nitrogens is 1. The number of hydrogen-bond donors (Lipinski definition) is 1. The summed E-state index contributed by atoms with van der Waals surface area (Å²) in [5, 5.41) is 9.70. The monoisotopic (exact) mass is 263 g/mol. The van der Waals surface area contributed by atoms with Crippen LogP contribution < -0.4 is 4.90 Å². The number of anilines is 1. The topological polar surface area (TPSA) is 39.6 Å². The van der Waals surface area contributed by atoms with E-state index in [2.05, 4.69) is 49.9 Å². The molecule has 0 saturated carbocycles. The number of rotatable bonds is 4. The van der Waals surface area contributed by atoms with Gasteiger partial charge < -0.3 is 14.9 Å². The number of pyridine rings is 1. The molecule has 4 nitrogen and oxygen atoms in total. The zero-order valence-corrected chi connectivity index (χ0v) is 12.4. The molecule has 1 aromatic rings. The molecular weight excluding hydrogens is 238 g/mol. The summed E-state index contributed by atoms with van der Waals surface area (Å²) < 4.78 is 0. The fraction of sp³-hybridized carbons (Fsp3) is 0.667. The lowest BCUT2D eigenvalue weighted by atomic mass is 10.1. The van der Waals surface area contributed by atoms with E-state index < -0.39 is 0 Å². The third-order valence-corrected chi connectivity index (χ3v) is 3.53. The van der Waals surface area contributed by atoms with Crippen LogP contribution in [0.1, 0.15) is 37.6 Å². The first-order valence-electron chi connectivity index (χ1n) is 7.05. The van der Waals surface area contributed by atoms with Crippen molar-refractivity contribution < 1.29 is 5.11 Å². The third-order valence-electron chi connectivity index (χ3n) is 3.53. The van der Waals surface area contributed by atoms with Gasteiger partial charge in [-0.25, -0.2) is 0 Å². The number of nitrogens with zero attached hydrogens (tertiary/aromatic N) is 3. The summed E-state index contributed by atoms with van der Waals surface area (Å²) in [5.41, 5.74) is 3.43. The molecule has 1 atom stereocenters. The molecule has 1 aliphatic heterocycles. The second-order valence-electron chi connectivity index (χ2n) is 5.98. The molecule has 0 aliphatic carbocycles. The quantitative estimate of drug-likeness (QED) is 0.900. The van der Waals surface area contributed by atoms with Gasteiger partial charge in [-0.2, -0.15) is 0 Å². The van der Waals surface area contributed by atoms with Crippen LogP contribution in [0.4, 0.5) is 5.69 Å². The maximum Gasteiger partial charge on any atom is 0.0780 e. The third kappa shape index (κ3) is 3.45. The minimum atomic E-state index is -0.197. The minimum absolute atomic E-state index is 0.197. The molecule has 0 radical (unpaired) electrons. The Morgan fingerprint density at radius 2 is 2.16 bits per heavy atom. The molecule has 1 N–H and O–H groups in total. The van der Waals surface area contributed by atoms with Crippen LogP contribution in [-0.4, -0.2) is 48.3 Å². The Bertz CT molecular complexity index is 431. The van der Waals surface area contributed by atoms with E-state index in [9.17, 15) is 5.11 Å². The van der Waals surface area contributed by atoms with E-state index in [1.54, 1.807) is 0 Å². The average molecular weight is 263 g/mol. The summed E-state index contributed by atoms with van der Waals surface area (Å²) in [4.78, 5) is 9.21. The normalized spacial score (nSPS) is 19.7. The van der Waals surface area contributed by atoms with Crippen molar-refractivity contribution in [1.82, 2.24) is 9.88 Å². The largest absolute Gasteiger partial charge is 0.391 e. The van der Waals surface area contributed by atoms with E-state index in [-0.39, 0.29) is 6.10 Å². The van der Waals surface area contributed by atoms with Crippen molar-refractivity contribution in [2.45, 2.75) is 38.8 Å². The Balaban J connectivity index is 2.30. The molecule has 1 aromatic heterocycles. The van der Waals surface area contributed by atoms with Crippen LogP contribution in [0, 0.1) is 0 Å². The van der Waals surface area contributed by atoms with Gasteiger partial charge in [0.25, 0.3) is 0 Å². The molecule has 1 fully saturated rings. The summed E-state index contributed by atoms with van der Waals surface area (Å²) in [6, 6.07) is 4.28. The zero-order chi connectivity index (χ0) is 14.0. The molecule has 4 heteroatoms. The number of aliphatic hydroxyl groups excluding tert-OH is 1. The lowest BCUT2D eigenvalue weighted by molar-refractivity contribution is 0.198. The highest BCUT2D eigenvalue weighted by Crippen LogP contribution is 2.26. The first-order valence-corrected chi connectivity index (χ1v) is 7.05. The summed E-state index contributed by atoms with van der Waals surface area (Å²) in [7, 11) is 4.12. The second kappa shape index (κ2) is 5.88. The van der Waals surface area contributed by atoms with Gasteiger partial charge in [-0.3, -0.25) is 4.98 Å². The molecule has 2 heterocycles. The van der Waals surface area contributed by atoms with Crippen molar-refractivity contribution in [3.05, 3.63) is 23.5 Å². The van der Waals surface area contributed by atoms with Crippen molar-refractivity contribution in [2.75, 3.05) is 32.1 Å². The van der Waals surface area contributed by atoms with Crippen molar-refractivity contribution >= 4 is 5.69 Å². The zero-order valence-electron chi connectivity index (χ0n) is 12.4. The van der Waals surface area contributed by atoms with E-state index in [1.165, 1.54) is 5.69 Å². The van der Waals surface area contributed by atoms with Gasteiger partial charge in [-0.1, -0.05) is 13.8 Å². The Hall–Kier alpha value is -1.13. The van der Waals surface area contributed by atoms with E-state index in [1.807, 2.05) is 0 Å². The van der Waals surface area contributed by atoms with Crippen molar-refractivity contribution in [2.24, 2.45) is 0 Å². The van der Waals surface area contributed by atoms with Crippen molar-refractivity contribution in [3.63, 3.8) is 0 Å². The molecule has 19 heavy (non-hydrogen) atoms. The van der Waals surface area contributed by atoms with E-state index >= 15 is 0 Å². The van der Waals surface area contributed by atoms with Crippen LogP contribution in [-0.2, 0) is 6.54 Å². The lowest BCUT2D eigenvalue weighted by Crippen LogP contribution is -2.25. The van der Waals surface area contributed by atoms with Crippen LogP contribution in [0.15, 0.2) is 12.1 Å². The lowest BCUT2D eigenvalue weighted by Gasteiger charge is -2.23. The standard InChI is InChI=1S/C15H25N3O/c1-11(2)13-5-6-15(14(16-13)10-17(3)4)18-8-7-12(19)9-18/h5-6,11-12,19H,7-10H2,1-4H3. The summed E-state index contributed by atoms with van der Waals surface area (Å²) in [5.74, 6) is 0.444. The number of hydrogen-bond acceptors (Lipinski definition) is 4. The predicted molar refractivity (Wildman–Crippen MR) is 78.6 cm³/mol. The van der Waals surface area contributed by atoms with Crippen LogP contribution in [0.25, 0.3) is 0 Å². The summed E-state index contributed by atoms with van der Waals surface area (Å²) >= 11 is 0. The van der Waals surface area contributed by atoms with Gasteiger partial charge in [-0.15, -0.1) is 0 Å². The summed E-state index contributed by atoms with van der Waals surface area (Å²) in [6.07, 6.45) is 0.657. The second-order valence-corrected chi connectivity index (χ2v) is 5.98. The van der Waals surface area contributed by atoms with Gasteiger partial charge in [0, 0.05) is 25.3 Å². The Morgan fingerprint density at radius 1 is 1.42 bits per heavy atom. The molecule has 1 saturated heterocycles. The maximum absolute atomic E-state index is 9.70. The molecule has 0 spiro atoms. The minimum Gasteiger partial charge on any atom is -0.391 e. The van der Waals surface area contributed by atoms with Crippen LogP contribution in [0.5, 0.6) is 0 Å². The van der Waals surface area contributed by atoms with E-state index in [4.69, 9.17) is 4.98 Å². The first kappa shape index (κ1) is 14.3. The van der Waals surface area contributed by atoms with Crippen LogP contribution in [0.3, 0.4) is 0 Å². The van der Waals surface area contributed by atoms with Gasteiger partial charge in [-0.05, 0) is 38.6 Å². The van der Waals surface area contributed by atoms with Crippen molar-refractivity contribution in [1.29, 1.82) is 0 Å². The smallest absolute Gasteiger partial charge is 0.0780 e. The molecule has 1 unspecified atom stereocenters. The number of β-amino-alcohol motifs (C(OH)–C–C–N with tert-alkyl or cyclic N) is 1. The van der Waals surface area contributed by atoms with Gasteiger partial charge in [0.15, 0.2) is 0 Å². The molecule has 2 rings (SSSR count). The highest BCUT2D eigenvalue weighted by Gasteiger charge is 2.23. The summed E-state index contributed by atoms with van der Waals surface area (Å²) in [6.45, 7) is 6.82. The predicted octanol–water partition coefficient (Wildman–Crippen LogP) is 1.84. The van der Waals surface area contributed by atoms with Gasteiger partial charge in [0.1, 0.15) is 0 Å². The molecule has 106 valence electrons.